The number of Topliss-reactive ketones (excluding diaryl/α,β-unsaturated/α-hetero) is 1. The standard InChI is InChI=1S/C33H29N3O4S3/c1-2-3-6-17-40-24-14-8-12-22(19-24)28-27(29(37)26-16-9-18-41-26)30(38)31(39)36(28)32-34-35-33(43-32)42-20-23-13-7-11-21-10-4-5-15-25(21)23/h4-5,7-16,18-19,28,38H,2-3,6,17,20H2,1H3. The van der Waals surface area contributed by atoms with Crippen LogP contribution in [0.2, 0.25) is 0 Å². The lowest BCUT2D eigenvalue weighted by Crippen LogP contribution is -2.31. The van der Waals surface area contributed by atoms with Gasteiger partial charge in [0, 0.05) is 5.75 Å². The molecule has 218 valence electrons. The van der Waals surface area contributed by atoms with E-state index in [1.807, 2.05) is 42.5 Å². The van der Waals surface area contributed by atoms with Crippen LogP contribution in [-0.4, -0.2) is 33.6 Å². The summed E-state index contributed by atoms with van der Waals surface area (Å²) in [4.78, 5) is 29.1. The zero-order valence-corrected chi connectivity index (χ0v) is 25.9. The molecule has 1 aliphatic heterocycles. The maximum atomic E-state index is 13.7. The van der Waals surface area contributed by atoms with Gasteiger partial charge in [0.25, 0.3) is 5.91 Å². The Morgan fingerprint density at radius 2 is 1.86 bits per heavy atom. The van der Waals surface area contributed by atoms with Gasteiger partial charge in [-0.2, -0.15) is 0 Å². The van der Waals surface area contributed by atoms with Crippen LogP contribution in [0, 0.1) is 0 Å². The molecule has 0 bridgehead atoms. The molecule has 1 amide bonds. The van der Waals surface area contributed by atoms with Crippen molar-refractivity contribution in [3.8, 4) is 5.75 Å². The van der Waals surface area contributed by atoms with Crippen molar-refractivity contribution in [1.29, 1.82) is 0 Å². The van der Waals surface area contributed by atoms with E-state index in [1.165, 1.54) is 55.7 Å². The number of hydrogen-bond donors (Lipinski definition) is 1. The Kier molecular flexibility index (Phi) is 8.87. The molecule has 1 atom stereocenters. The lowest BCUT2D eigenvalue weighted by molar-refractivity contribution is -0.117. The molecule has 7 nitrogen and oxygen atoms in total. The van der Waals surface area contributed by atoms with Crippen molar-refractivity contribution in [2.45, 2.75) is 42.3 Å². The van der Waals surface area contributed by atoms with E-state index in [1.54, 1.807) is 17.5 Å². The first kappa shape index (κ1) is 29.1. The predicted octanol–water partition coefficient (Wildman–Crippen LogP) is 8.40. The average Bonchev–Trinajstić information content (AvgIpc) is 3.79. The quantitative estimate of drug-likeness (QED) is 0.0643. The van der Waals surface area contributed by atoms with Crippen LogP contribution in [0.25, 0.3) is 10.8 Å². The van der Waals surface area contributed by atoms with Gasteiger partial charge in [-0.1, -0.05) is 104 Å². The fourth-order valence-electron chi connectivity index (χ4n) is 5.12. The molecule has 1 unspecified atom stereocenters. The number of ether oxygens (including phenoxy) is 1. The van der Waals surface area contributed by atoms with Crippen LogP contribution in [-0.2, 0) is 10.5 Å². The number of ketones is 1. The number of thiophene rings is 1. The highest BCUT2D eigenvalue weighted by Crippen LogP contribution is 2.45. The Bertz CT molecular complexity index is 1790. The number of aliphatic hydroxyl groups is 1. The predicted molar refractivity (Wildman–Crippen MR) is 173 cm³/mol. The van der Waals surface area contributed by atoms with E-state index in [0.29, 0.717) is 38.0 Å². The smallest absolute Gasteiger partial charge is 0.296 e. The van der Waals surface area contributed by atoms with Crippen molar-refractivity contribution < 1.29 is 19.4 Å². The number of aliphatic hydroxyl groups excluding tert-OH is 1. The summed E-state index contributed by atoms with van der Waals surface area (Å²) in [6, 6.07) is 24.4. The summed E-state index contributed by atoms with van der Waals surface area (Å²) < 4.78 is 6.67. The number of rotatable bonds is 12. The largest absolute Gasteiger partial charge is 0.503 e. The second kappa shape index (κ2) is 13.1. The van der Waals surface area contributed by atoms with Gasteiger partial charge in [-0.3, -0.25) is 14.5 Å². The van der Waals surface area contributed by atoms with Gasteiger partial charge >= 0.3 is 0 Å². The number of nitrogens with zero attached hydrogens (tertiary/aromatic N) is 3. The summed E-state index contributed by atoms with van der Waals surface area (Å²) in [5, 5.41) is 24.3. The third kappa shape index (κ3) is 6.08. The summed E-state index contributed by atoms with van der Waals surface area (Å²) in [6.45, 7) is 2.71. The molecule has 6 rings (SSSR count). The maximum absolute atomic E-state index is 13.7. The van der Waals surface area contributed by atoms with Crippen LogP contribution in [0.4, 0.5) is 5.13 Å². The SMILES string of the molecule is CCCCCOc1cccc(C2C(C(=O)c3cccs3)=C(O)C(=O)N2c2nnc(SCc3cccc4ccccc34)s2)c1. The number of hydrogen-bond acceptors (Lipinski definition) is 9. The van der Waals surface area contributed by atoms with Crippen molar-refractivity contribution in [2.75, 3.05) is 11.5 Å². The lowest BCUT2D eigenvalue weighted by Gasteiger charge is -2.24. The summed E-state index contributed by atoms with van der Waals surface area (Å²) >= 11 is 4.06. The molecule has 1 aliphatic rings. The summed E-state index contributed by atoms with van der Waals surface area (Å²) in [7, 11) is 0. The minimum absolute atomic E-state index is 0.0238. The summed E-state index contributed by atoms with van der Waals surface area (Å²) in [5.74, 6) is -0.327. The molecule has 3 aromatic carbocycles. The molecule has 0 radical (unpaired) electrons. The molecule has 5 aromatic rings. The van der Waals surface area contributed by atoms with Crippen molar-refractivity contribution in [3.63, 3.8) is 0 Å². The minimum atomic E-state index is -0.884. The second-order valence-electron chi connectivity index (χ2n) is 10.1. The molecule has 0 fully saturated rings. The number of carbonyl (C=O) groups is 2. The van der Waals surface area contributed by atoms with Gasteiger partial charge in [0.05, 0.1) is 23.1 Å². The molecule has 1 N–H and O–H groups in total. The van der Waals surface area contributed by atoms with Gasteiger partial charge in [0.15, 0.2) is 10.1 Å². The number of unbranched alkanes of at least 4 members (excludes halogenated alkanes) is 2. The molecule has 0 spiro atoms. The van der Waals surface area contributed by atoms with E-state index in [2.05, 4.69) is 41.4 Å². The molecule has 3 heterocycles. The Hall–Kier alpha value is -3.99. The van der Waals surface area contributed by atoms with E-state index >= 15 is 0 Å². The number of amides is 1. The monoisotopic (exact) mass is 627 g/mol. The number of thioether (sulfide) groups is 1. The zero-order chi connectivity index (χ0) is 29.8. The molecule has 43 heavy (non-hydrogen) atoms. The van der Waals surface area contributed by atoms with Gasteiger partial charge in [0.2, 0.25) is 10.9 Å². The summed E-state index contributed by atoms with van der Waals surface area (Å²) in [6.07, 6.45) is 3.09. The molecule has 0 aliphatic carbocycles. The third-order valence-electron chi connectivity index (χ3n) is 7.22. The van der Waals surface area contributed by atoms with Crippen molar-refractivity contribution in [3.05, 3.63) is 112 Å². The number of carbonyl (C=O) groups excluding carboxylic acids is 2. The van der Waals surface area contributed by atoms with Crippen LogP contribution in [0.1, 0.15) is 53.0 Å². The fraction of sp³-hybridized carbons (Fsp3) is 0.212. The van der Waals surface area contributed by atoms with Crippen LogP contribution in [0.3, 0.4) is 0 Å². The first-order chi connectivity index (χ1) is 21.0. The zero-order valence-electron chi connectivity index (χ0n) is 23.4. The highest BCUT2D eigenvalue weighted by atomic mass is 32.2. The normalized spacial score (nSPS) is 15.0. The van der Waals surface area contributed by atoms with Crippen LogP contribution in [0.5, 0.6) is 5.75 Å². The van der Waals surface area contributed by atoms with Gasteiger partial charge < -0.3 is 9.84 Å². The molecular weight excluding hydrogens is 599 g/mol. The Balaban J connectivity index is 1.31. The van der Waals surface area contributed by atoms with E-state index in [9.17, 15) is 14.7 Å². The number of benzene rings is 3. The number of aromatic nitrogens is 2. The van der Waals surface area contributed by atoms with Crippen molar-refractivity contribution in [2.24, 2.45) is 0 Å². The van der Waals surface area contributed by atoms with Gasteiger partial charge in [-0.25, -0.2) is 0 Å². The van der Waals surface area contributed by atoms with Crippen LogP contribution >= 0.6 is 34.4 Å². The third-order valence-corrected chi connectivity index (χ3v) is 10.2. The molecule has 2 aromatic heterocycles. The summed E-state index contributed by atoms with van der Waals surface area (Å²) in [5.41, 5.74) is 1.84. The fourth-order valence-corrected chi connectivity index (χ4v) is 7.67. The van der Waals surface area contributed by atoms with Crippen LogP contribution < -0.4 is 9.64 Å². The minimum Gasteiger partial charge on any atom is -0.503 e. The van der Waals surface area contributed by atoms with Gasteiger partial charge in [0.1, 0.15) is 5.75 Å². The Morgan fingerprint density at radius 1 is 1.02 bits per heavy atom. The number of fused-ring (bicyclic) bond motifs is 1. The van der Waals surface area contributed by atoms with E-state index in [-0.39, 0.29) is 5.57 Å². The molecular formula is C33H29N3O4S3. The van der Waals surface area contributed by atoms with Crippen molar-refractivity contribution >= 4 is 62.0 Å². The lowest BCUT2D eigenvalue weighted by atomic mass is 9.95. The van der Waals surface area contributed by atoms with E-state index in [0.717, 1.165) is 19.3 Å². The number of anilines is 1. The Morgan fingerprint density at radius 3 is 2.70 bits per heavy atom. The van der Waals surface area contributed by atoms with Crippen molar-refractivity contribution in [1.82, 2.24) is 10.2 Å². The second-order valence-corrected chi connectivity index (χ2v) is 13.2. The maximum Gasteiger partial charge on any atom is 0.296 e. The topological polar surface area (TPSA) is 92.6 Å². The molecule has 10 heteroatoms. The highest BCUT2D eigenvalue weighted by molar-refractivity contribution is 8.00. The Labute approximate surface area is 261 Å². The average molecular weight is 628 g/mol. The molecule has 0 saturated carbocycles. The molecule has 0 saturated heterocycles. The van der Waals surface area contributed by atoms with Crippen LogP contribution in [0.15, 0.2) is 99.9 Å². The van der Waals surface area contributed by atoms with E-state index in [4.69, 9.17) is 4.74 Å². The van der Waals surface area contributed by atoms with Gasteiger partial charge in [-0.15, -0.1) is 21.5 Å². The van der Waals surface area contributed by atoms with E-state index < -0.39 is 23.5 Å². The first-order valence-corrected chi connectivity index (χ1v) is 16.7. The first-order valence-electron chi connectivity index (χ1n) is 14.1. The highest BCUT2D eigenvalue weighted by Gasteiger charge is 2.46. The van der Waals surface area contributed by atoms with Gasteiger partial charge in [-0.05, 0) is 51.9 Å².